The van der Waals surface area contributed by atoms with Crippen molar-refractivity contribution in [2.24, 2.45) is 12.5 Å². The van der Waals surface area contributed by atoms with Gasteiger partial charge in [-0.2, -0.15) is 10.4 Å². The predicted molar refractivity (Wildman–Crippen MR) is 147 cm³/mol. The second kappa shape index (κ2) is 10.5. The first-order valence-electron chi connectivity index (χ1n) is 12.0. The van der Waals surface area contributed by atoms with Crippen LogP contribution in [0.2, 0.25) is 0 Å². The molecule has 1 aliphatic rings. The van der Waals surface area contributed by atoms with Gasteiger partial charge in [0.1, 0.15) is 23.1 Å². The number of rotatable bonds is 9. The molecular formula is C25H28IN7O4. The number of carbonyl (C=O) groups is 1. The van der Waals surface area contributed by atoms with Crippen molar-refractivity contribution in [2.75, 3.05) is 28.7 Å². The number of nitrogens with zero attached hydrogens (tertiary/aromatic N) is 5. The van der Waals surface area contributed by atoms with Gasteiger partial charge in [0.25, 0.3) is 16.8 Å². The SMILES string of the molecule is CCN(C)C(=O)c1nccc(Nc2c(NC(c3nn(C)cc3C#N)C3(CI)CCCC3)c(=O)c2=O)c1O. The molecule has 1 amide bonds. The van der Waals surface area contributed by atoms with Crippen LogP contribution in [-0.2, 0) is 7.05 Å². The molecule has 1 atom stereocenters. The first-order chi connectivity index (χ1) is 17.7. The molecule has 1 fully saturated rings. The number of halogens is 1. The predicted octanol–water partition coefficient (Wildman–Crippen LogP) is 2.97. The van der Waals surface area contributed by atoms with Crippen molar-refractivity contribution >= 4 is 45.6 Å². The summed E-state index contributed by atoms with van der Waals surface area (Å²) in [7, 11) is 3.32. The first-order valence-corrected chi connectivity index (χ1v) is 13.5. The Morgan fingerprint density at radius 1 is 1.32 bits per heavy atom. The van der Waals surface area contributed by atoms with E-state index in [0.29, 0.717) is 17.8 Å². The number of aryl methyl sites for hydroxylation is 1. The van der Waals surface area contributed by atoms with Gasteiger partial charge >= 0.3 is 0 Å². The van der Waals surface area contributed by atoms with Crippen molar-refractivity contribution in [3.63, 3.8) is 0 Å². The number of pyridine rings is 1. The minimum absolute atomic E-state index is 0.0187. The Bertz CT molecular complexity index is 1440. The standard InChI is InChI=1S/C25H28IN7O4/c1-4-32(2)24(37)19-20(34)15(7-10-28-19)29-17-18(22(36)21(17)35)30-23(25(13-26)8-5-6-9-25)16-14(11-27)12-33(3)31-16/h7,10,12,23,30,34H,4-6,8-9,13H2,1-3H3,(H,28,29). The average Bonchev–Trinajstić information content (AvgIpc) is 3.54. The molecule has 2 aromatic heterocycles. The van der Waals surface area contributed by atoms with E-state index in [1.165, 1.54) is 17.2 Å². The summed E-state index contributed by atoms with van der Waals surface area (Å²) in [5.41, 5.74) is -0.807. The van der Waals surface area contributed by atoms with Gasteiger partial charge in [-0.05, 0) is 25.8 Å². The van der Waals surface area contributed by atoms with Gasteiger partial charge in [0, 0.05) is 42.9 Å². The summed E-state index contributed by atoms with van der Waals surface area (Å²) in [6, 6.07) is 3.14. The number of alkyl halides is 1. The number of anilines is 3. The minimum atomic E-state index is -0.743. The Morgan fingerprint density at radius 3 is 2.62 bits per heavy atom. The molecule has 1 saturated carbocycles. The molecule has 0 spiro atoms. The maximum absolute atomic E-state index is 12.7. The molecule has 0 radical (unpaired) electrons. The van der Waals surface area contributed by atoms with Gasteiger partial charge in [-0.1, -0.05) is 35.4 Å². The van der Waals surface area contributed by atoms with Crippen LogP contribution < -0.4 is 21.5 Å². The van der Waals surface area contributed by atoms with Crippen LogP contribution in [0.3, 0.4) is 0 Å². The quantitative estimate of drug-likeness (QED) is 0.187. The van der Waals surface area contributed by atoms with Crippen LogP contribution in [-0.4, -0.2) is 48.7 Å². The lowest BCUT2D eigenvalue weighted by atomic mass is 9.78. The lowest BCUT2D eigenvalue weighted by molar-refractivity contribution is 0.0793. The zero-order valence-corrected chi connectivity index (χ0v) is 23.0. The number of aromatic hydroxyl groups is 1. The third kappa shape index (κ3) is 4.68. The summed E-state index contributed by atoms with van der Waals surface area (Å²) in [6.45, 7) is 2.21. The summed E-state index contributed by atoms with van der Waals surface area (Å²) in [4.78, 5) is 43.3. The summed E-state index contributed by atoms with van der Waals surface area (Å²) >= 11 is 2.33. The molecule has 11 nitrogen and oxygen atoms in total. The molecule has 0 saturated heterocycles. The second-order valence-electron chi connectivity index (χ2n) is 9.40. The Labute approximate surface area is 227 Å². The normalized spacial score (nSPS) is 15.3. The Kier molecular flexibility index (Phi) is 7.54. The number of nitrogens with one attached hydrogen (secondary N) is 2. The summed E-state index contributed by atoms with van der Waals surface area (Å²) in [5.74, 6) is -0.893. The smallest absolute Gasteiger partial charge is 0.276 e. The van der Waals surface area contributed by atoms with E-state index in [-0.39, 0.29) is 28.2 Å². The Morgan fingerprint density at radius 2 is 2.00 bits per heavy atom. The summed E-state index contributed by atoms with van der Waals surface area (Å²) < 4.78 is 2.34. The van der Waals surface area contributed by atoms with Crippen LogP contribution in [0.1, 0.15) is 60.4 Å². The Balaban J connectivity index is 1.73. The maximum atomic E-state index is 12.7. The fourth-order valence-corrected chi connectivity index (χ4v) is 6.06. The zero-order chi connectivity index (χ0) is 26.9. The summed E-state index contributed by atoms with van der Waals surface area (Å²) in [6.07, 6.45) is 6.78. The molecular weight excluding hydrogens is 589 g/mol. The molecule has 3 N–H and O–H groups in total. The van der Waals surface area contributed by atoms with Gasteiger partial charge in [0.2, 0.25) is 0 Å². The largest absolute Gasteiger partial charge is 0.504 e. The third-order valence-corrected chi connectivity index (χ3v) is 8.65. The number of amides is 1. The molecule has 12 heteroatoms. The van der Waals surface area contributed by atoms with Crippen LogP contribution in [0.15, 0.2) is 28.0 Å². The molecule has 4 rings (SSSR count). The van der Waals surface area contributed by atoms with Crippen molar-refractivity contribution in [3.8, 4) is 11.8 Å². The van der Waals surface area contributed by atoms with Crippen LogP contribution in [0.5, 0.6) is 5.75 Å². The van der Waals surface area contributed by atoms with E-state index < -0.39 is 28.6 Å². The van der Waals surface area contributed by atoms with Crippen LogP contribution in [0.4, 0.5) is 17.1 Å². The maximum Gasteiger partial charge on any atom is 0.276 e. The third-order valence-electron chi connectivity index (χ3n) is 7.14. The van der Waals surface area contributed by atoms with Gasteiger partial charge in [-0.3, -0.25) is 19.1 Å². The van der Waals surface area contributed by atoms with Crippen molar-refractivity contribution in [3.05, 3.63) is 55.9 Å². The van der Waals surface area contributed by atoms with E-state index in [9.17, 15) is 24.8 Å². The van der Waals surface area contributed by atoms with E-state index in [1.54, 1.807) is 31.9 Å². The van der Waals surface area contributed by atoms with Crippen LogP contribution in [0.25, 0.3) is 0 Å². The molecule has 1 aliphatic carbocycles. The zero-order valence-electron chi connectivity index (χ0n) is 20.8. The highest BCUT2D eigenvalue weighted by Gasteiger charge is 2.44. The number of hydrogen-bond acceptors (Lipinski definition) is 9. The lowest BCUT2D eigenvalue weighted by Gasteiger charge is -2.37. The molecule has 1 unspecified atom stereocenters. The molecule has 2 heterocycles. The first kappa shape index (κ1) is 26.6. The number of nitriles is 1. The highest BCUT2D eigenvalue weighted by Crippen LogP contribution is 2.50. The van der Waals surface area contributed by atoms with E-state index in [1.807, 2.05) is 0 Å². The lowest BCUT2D eigenvalue weighted by Crippen LogP contribution is -2.41. The minimum Gasteiger partial charge on any atom is -0.504 e. The average molecular weight is 617 g/mol. The number of aromatic nitrogens is 3. The molecule has 194 valence electrons. The number of carbonyl (C=O) groups excluding carboxylic acids is 1. The molecule has 0 aliphatic heterocycles. The van der Waals surface area contributed by atoms with Crippen molar-refractivity contribution in [1.82, 2.24) is 19.7 Å². The molecule has 3 aromatic rings. The molecule has 37 heavy (non-hydrogen) atoms. The van der Waals surface area contributed by atoms with E-state index in [4.69, 9.17) is 0 Å². The topological polar surface area (TPSA) is 153 Å². The van der Waals surface area contributed by atoms with Gasteiger partial charge in [-0.25, -0.2) is 4.98 Å². The molecule has 1 aromatic carbocycles. The second-order valence-corrected chi connectivity index (χ2v) is 10.2. The van der Waals surface area contributed by atoms with E-state index in [0.717, 1.165) is 30.1 Å². The highest BCUT2D eigenvalue weighted by atomic mass is 127. The fraction of sp³-hybridized carbons (Fsp3) is 0.440. The highest BCUT2D eigenvalue weighted by molar-refractivity contribution is 14.1. The van der Waals surface area contributed by atoms with Crippen molar-refractivity contribution in [1.29, 1.82) is 5.26 Å². The van der Waals surface area contributed by atoms with Gasteiger partial charge in [0.05, 0.1) is 17.3 Å². The monoisotopic (exact) mass is 617 g/mol. The van der Waals surface area contributed by atoms with Crippen LogP contribution in [0, 0.1) is 16.7 Å². The number of hydrogen-bond donors (Lipinski definition) is 3. The Hall–Kier alpha value is -3.47. The summed E-state index contributed by atoms with van der Waals surface area (Å²) in [5, 5.41) is 31.1. The van der Waals surface area contributed by atoms with Gasteiger partial charge < -0.3 is 20.6 Å². The van der Waals surface area contributed by atoms with Crippen LogP contribution >= 0.6 is 22.6 Å². The van der Waals surface area contributed by atoms with Crippen molar-refractivity contribution in [2.45, 2.75) is 38.6 Å². The van der Waals surface area contributed by atoms with Crippen molar-refractivity contribution < 1.29 is 9.90 Å². The van der Waals surface area contributed by atoms with Gasteiger partial charge in [-0.15, -0.1) is 0 Å². The van der Waals surface area contributed by atoms with Gasteiger partial charge in [0.15, 0.2) is 11.4 Å². The fourth-order valence-electron chi connectivity index (χ4n) is 4.86. The van der Waals surface area contributed by atoms with E-state index >= 15 is 0 Å². The van der Waals surface area contributed by atoms with E-state index in [2.05, 4.69) is 49.4 Å². The molecule has 0 bridgehead atoms.